The SMILES string of the molecule is CNCc1nnc(NC2CCOC2C2CC2)o1. The van der Waals surface area contributed by atoms with Crippen molar-refractivity contribution >= 4 is 6.01 Å². The maximum atomic E-state index is 5.75. The van der Waals surface area contributed by atoms with Gasteiger partial charge in [-0.25, -0.2) is 0 Å². The van der Waals surface area contributed by atoms with E-state index in [1.54, 1.807) is 0 Å². The third kappa shape index (κ3) is 2.42. The molecule has 94 valence electrons. The zero-order valence-corrected chi connectivity index (χ0v) is 9.98. The molecule has 1 aromatic heterocycles. The van der Waals surface area contributed by atoms with Gasteiger partial charge in [0, 0.05) is 6.61 Å². The molecule has 0 bridgehead atoms. The lowest BCUT2D eigenvalue weighted by Crippen LogP contribution is -2.31. The molecule has 0 amide bonds. The standard InChI is InChI=1S/C11H18N4O2/c1-12-6-9-14-15-11(17-9)13-8-4-5-16-10(8)7-2-3-7/h7-8,10,12H,2-6H2,1H3,(H,13,15). The van der Waals surface area contributed by atoms with Crippen LogP contribution in [-0.4, -0.2) is 36.0 Å². The molecule has 2 atom stereocenters. The van der Waals surface area contributed by atoms with Gasteiger partial charge in [0.2, 0.25) is 5.89 Å². The fraction of sp³-hybridized carbons (Fsp3) is 0.818. The predicted molar refractivity (Wildman–Crippen MR) is 61.6 cm³/mol. The van der Waals surface area contributed by atoms with E-state index in [1.807, 2.05) is 7.05 Å². The van der Waals surface area contributed by atoms with Crippen LogP contribution in [0.3, 0.4) is 0 Å². The molecule has 2 heterocycles. The van der Waals surface area contributed by atoms with Crippen molar-refractivity contribution in [1.82, 2.24) is 15.5 Å². The average Bonchev–Trinajstić information content (AvgIpc) is 2.91. The largest absolute Gasteiger partial charge is 0.407 e. The number of rotatable bonds is 5. The second kappa shape index (κ2) is 4.62. The smallest absolute Gasteiger partial charge is 0.315 e. The summed E-state index contributed by atoms with van der Waals surface area (Å²) in [6, 6.07) is 0.835. The summed E-state index contributed by atoms with van der Waals surface area (Å²) in [6.45, 7) is 1.43. The van der Waals surface area contributed by atoms with Crippen molar-refractivity contribution in [2.24, 2.45) is 5.92 Å². The van der Waals surface area contributed by atoms with Gasteiger partial charge in [-0.15, -0.1) is 5.10 Å². The molecule has 1 aromatic rings. The summed E-state index contributed by atoms with van der Waals surface area (Å²) in [6.07, 6.45) is 3.93. The Balaban J connectivity index is 1.60. The summed E-state index contributed by atoms with van der Waals surface area (Å²) >= 11 is 0. The van der Waals surface area contributed by atoms with Crippen molar-refractivity contribution < 1.29 is 9.15 Å². The van der Waals surface area contributed by atoms with Crippen molar-refractivity contribution in [2.75, 3.05) is 19.0 Å². The summed E-state index contributed by atoms with van der Waals surface area (Å²) in [5.41, 5.74) is 0. The summed E-state index contributed by atoms with van der Waals surface area (Å²) in [5, 5.41) is 14.2. The Morgan fingerprint density at radius 3 is 2.94 bits per heavy atom. The maximum Gasteiger partial charge on any atom is 0.315 e. The molecule has 17 heavy (non-hydrogen) atoms. The summed E-state index contributed by atoms with van der Waals surface area (Å²) < 4.78 is 11.2. The summed E-state index contributed by atoms with van der Waals surface area (Å²) in [7, 11) is 1.85. The van der Waals surface area contributed by atoms with E-state index in [-0.39, 0.29) is 0 Å². The molecule has 1 aliphatic heterocycles. The van der Waals surface area contributed by atoms with Gasteiger partial charge in [0.25, 0.3) is 0 Å². The Hall–Kier alpha value is -1.14. The first-order valence-corrected chi connectivity index (χ1v) is 6.22. The lowest BCUT2D eigenvalue weighted by atomic mass is 10.1. The van der Waals surface area contributed by atoms with Crippen molar-refractivity contribution in [1.29, 1.82) is 0 Å². The molecule has 1 aliphatic carbocycles. The molecule has 2 fully saturated rings. The van der Waals surface area contributed by atoms with Crippen molar-refractivity contribution in [2.45, 2.75) is 38.0 Å². The Labute approximate surface area is 100 Å². The highest BCUT2D eigenvalue weighted by Crippen LogP contribution is 2.39. The van der Waals surface area contributed by atoms with Crippen LogP contribution in [0.2, 0.25) is 0 Å². The molecule has 0 spiro atoms. The number of ether oxygens (including phenoxy) is 1. The number of aromatic nitrogens is 2. The molecule has 2 aliphatic rings. The van der Waals surface area contributed by atoms with Gasteiger partial charge in [0.15, 0.2) is 0 Å². The van der Waals surface area contributed by atoms with Crippen LogP contribution in [-0.2, 0) is 11.3 Å². The Kier molecular flexibility index (Phi) is 2.98. The van der Waals surface area contributed by atoms with Gasteiger partial charge in [0.05, 0.1) is 18.7 Å². The summed E-state index contributed by atoms with van der Waals surface area (Å²) in [5.74, 6) is 1.34. The fourth-order valence-corrected chi connectivity index (χ4v) is 2.35. The lowest BCUT2D eigenvalue weighted by Gasteiger charge is -2.17. The van der Waals surface area contributed by atoms with Crippen LogP contribution in [0.5, 0.6) is 0 Å². The van der Waals surface area contributed by atoms with Crippen LogP contribution >= 0.6 is 0 Å². The van der Waals surface area contributed by atoms with E-state index in [4.69, 9.17) is 9.15 Å². The molecule has 0 aromatic carbocycles. The molecular formula is C11H18N4O2. The van der Waals surface area contributed by atoms with Crippen molar-refractivity contribution in [3.05, 3.63) is 5.89 Å². The molecule has 0 radical (unpaired) electrons. The van der Waals surface area contributed by atoms with E-state index in [2.05, 4.69) is 20.8 Å². The lowest BCUT2D eigenvalue weighted by molar-refractivity contribution is 0.0895. The molecule has 2 unspecified atom stereocenters. The third-order valence-corrected chi connectivity index (χ3v) is 3.33. The van der Waals surface area contributed by atoms with E-state index in [9.17, 15) is 0 Å². The molecule has 6 heteroatoms. The van der Waals surface area contributed by atoms with Crippen molar-refractivity contribution in [3.63, 3.8) is 0 Å². The van der Waals surface area contributed by atoms with E-state index >= 15 is 0 Å². The predicted octanol–water partition coefficient (Wildman–Crippen LogP) is 0.768. The average molecular weight is 238 g/mol. The van der Waals surface area contributed by atoms with Gasteiger partial charge in [-0.2, -0.15) is 0 Å². The molecular weight excluding hydrogens is 220 g/mol. The number of anilines is 1. The van der Waals surface area contributed by atoms with Gasteiger partial charge < -0.3 is 19.8 Å². The third-order valence-electron chi connectivity index (χ3n) is 3.33. The minimum absolute atomic E-state index is 0.324. The molecule has 1 saturated carbocycles. The Bertz CT molecular complexity index is 377. The minimum Gasteiger partial charge on any atom is -0.407 e. The van der Waals surface area contributed by atoms with Crippen LogP contribution in [0.1, 0.15) is 25.2 Å². The van der Waals surface area contributed by atoms with Gasteiger partial charge in [-0.05, 0) is 32.2 Å². The number of nitrogens with zero attached hydrogens (tertiary/aromatic N) is 2. The highest BCUT2D eigenvalue weighted by atomic mass is 16.5. The van der Waals surface area contributed by atoms with Crippen LogP contribution in [0, 0.1) is 5.92 Å². The first-order valence-electron chi connectivity index (χ1n) is 6.22. The number of nitrogens with one attached hydrogen (secondary N) is 2. The Morgan fingerprint density at radius 1 is 1.29 bits per heavy atom. The van der Waals surface area contributed by atoms with E-state index in [1.165, 1.54) is 12.8 Å². The number of hydrogen-bond acceptors (Lipinski definition) is 6. The van der Waals surface area contributed by atoms with Gasteiger partial charge in [-0.3, -0.25) is 0 Å². The van der Waals surface area contributed by atoms with Gasteiger partial charge in [-0.1, -0.05) is 5.10 Å². The van der Waals surface area contributed by atoms with Crippen molar-refractivity contribution in [3.8, 4) is 0 Å². The van der Waals surface area contributed by atoms with Crippen LogP contribution in [0.4, 0.5) is 6.01 Å². The van der Waals surface area contributed by atoms with Gasteiger partial charge >= 0.3 is 6.01 Å². The molecule has 2 N–H and O–H groups in total. The quantitative estimate of drug-likeness (QED) is 0.789. The highest BCUT2D eigenvalue weighted by molar-refractivity contribution is 5.22. The zero-order chi connectivity index (χ0) is 11.7. The van der Waals surface area contributed by atoms with Crippen LogP contribution < -0.4 is 10.6 Å². The highest BCUT2D eigenvalue weighted by Gasteiger charge is 2.41. The number of hydrogen-bond donors (Lipinski definition) is 2. The summed E-state index contributed by atoms with van der Waals surface area (Å²) in [4.78, 5) is 0. The second-order valence-corrected chi connectivity index (χ2v) is 4.74. The molecule has 6 nitrogen and oxygen atoms in total. The van der Waals surface area contributed by atoms with Crippen LogP contribution in [0.25, 0.3) is 0 Å². The first kappa shape index (κ1) is 11.0. The van der Waals surface area contributed by atoms with E-state index in [0.717, 1.165) is 18.9 Å². The second-order valence-electron chi connectivity index (χ2n) is 4.74. The Morgan fingerprint density at radius 2 is 2.18 bits per heavy atom. The zero-order valence-electron chi connectivity index (χ0n) is 9.98. The monoisotopic (exact) mass is 238 g/mol. The van der Waals surface area contributed by atoms with E-state index in [0.29, 0.717) is 30.6 Å². The minimum atomic E-state index is 0.324. The first-order chi connectivity index (χ1) is 8.36. The molecule has 3 rings (SSSR count). The normalized spacial score (nSPS) is 28.5. The van der Waals surface area contributed by atoms with Crippen LogP contribution in [0.15, 0.2) is 4.42 Å². The molecule has 1 saturated heterocycles. The topological polar surface area (TPSA) is 72.2 Å². The van der Waals surface area contributed by atoms with E-state index < -0.39 is 0 Å². The van der Waals surface area contributed by atoms with Gasteiger partial charge in [0.1, 0.15) is 0 Å². The fourth-order valence-electron chi connectivity index (χ4n) is 2.35. The maximum absolute atomic E-state index is 5.75.